The van der Waals surface area contributed by atoms with E-state index in [9.17, 15) is 14.0 Å². The average Bonchev–Trinajstić information content (AvgIpc) is 3.56. The molecule has 0 spiro atoms. The van der Waals surface area contributed by atoms with Crippen LogP contribution in [0.25, 0.3) is 0 Å². The van der Waals surface area contributed by atoms with Crippen LogP contribution in [0.4, 0.5) is 4.39 Å². The van der Waals surface area contributed by atoms with Crippen molar-refractivity contribution in [2.24, 2.45) is 5.92 Å². The molecule has 4 rings (SSSR count). The zero-order chi connectivity index (χ0) is 20.2. The van der Waals surface area contributed by atoms with Gasteiger partial charge in [0.15, 0.2) is 0 Å². The highest BCUT2D eigenvalue weighted by Gasteiger charge is 2.25. The molecule has 2 amide bonds. The second kappa shape index (κ2) is 8.64. The molecule has 152 valence electrons. The first-order valence-electron chi connectivity index (χ1n) is 10.2. The van der Waals surface area contributed by atoms with Gasteiger partial charge in [0.2, 0.25) is 0 Å². The third kappa shape index (κ3) is 5.13. The Balaban J connectivity index is 1.22. The predicted octanol–water partition coefficient (Wildman–Crippen LogP) is 3.65. The van der Waals surface area contributed by atoms with Crippen LogP contribution in [0.15, 0.2) is 48.5 Å². The molecule has 5 nitrogen and oxygen atoms in total. The minimum Gasteiger partial charge on any atom is -0.493 e. The van der Waals surface area contributed by atoms with E-state index < -0.39 is 5.82 Å². The van der Waals surface area contributed by atoms with Gasteiger partial charge in [-0.1, -0.05) is 6.07 Å². The molecule has 6 heteroatoms. The number of piperidine rings is 1. The van der Waals surface area contributed by atoms with Crippen molar-refractivity contribution in [1.29, 1.82) is 0 Å². The van der Waals surface area contributed by atoms with E-state index in [1.165, 1.54) is 12.1 Å². The van der Waals surface area contributed by atoms with Gasteiger partial charge >= 0.3 is 0 Å². The van der Waals surface area contributed by atoms with E-state index in [0.29, 0.717) is 42.8 Å². The van der Waals surface area contributed by atoms with Gasteiger partial charge in [-0.3, -0.25) is 9.59 Å². The Labute approximate surface area is 169 Å². The van der Waals surface area contributed by atoms with E-state index in [0.717, 1.165) is 31.4 Å². The van der Waals surface area contributed by atoms with E-state index in [1.54, 1.807) is 29.2 Å². The summed E-state index contributed by atoms with van der Waals surface area (Å²) in [5.74, 6) is 0.559. The highest BCUT2D eigenvalue weighted by molar-refractivity contribution is 5.95. The molecule has 2 aromatic carbocycles. The van der Waals surface area contributed by atoms with Gasteiger partial charge in [-0.15, -0.1) is 0 Å². The molecule has 29 heavy (non-hydrogen) atoms. The standard InChI is InChI=1S/C23H25FN2O3/c24-19-3-1-2-18(14-19)23(28)26-12-10-16(11-13-26)15-29-21-8-4-17(5-9-21)22(27)25-20-6-7-20/h1-5,8-9,14,16,20H,6-7,10-13,15H2,(H,25,27). The molecule has 1 saturated carbocycles. The minimum atomic E-state index is -0.393. The van der Waals surface area contributed by atoms with Gasteiger partial charge in [0, 0.05) is 30.3 Å². The summed E-state index contributed by atoms with van der Waals surface area (Å²) in [5, 5.41) is 2.97. The van der Waals surface area contributed by atoms with Crippen molar-refractivity contribution in [2.75, 3.05) is 19.7 Å². The SMILES string of the molecule is O=C(NC1CC1)c1ccc(OCC2CCN(C(=O)c3cccc(F)c3)CC2)cc1. The molecule has 1 heterocycles. The molecule has 0 unspecified atom stereocenters. The maximum absolute atomic E-state index is 13.3. The summed E-state index contributed by atoms with van der Waals surface area (Å²) < 4.78 is 19.2. The van der Waals surface area contributed by atoms with Crippen LogP contribution in [0.5, 0.6) is 5.75 Å². The third-order valence-electron chi connectivity index (χ3n) is 5.49. The van der Waals surface area contributed by atoms with Crippen molar-refractivity contribution < 1.29 is 18.7 Å². The molecular formula is C23H25FN2O3. The number of carbonyl (C=O) groups is 2. The van der Waals surface area contributed by atoms with E-state index in [1.807, 2.05) is 12.1 Å². The Morgan fingerprint density at radius 2 is 1.72 bits per heavy atom. The first-order chi connectivity index (χ1) is 14.1. The van der Waals surface area contributed by atoms with E-state index in [2.05, 4.69) is 5.32 Å². The maximum Gasteiger partial charge on any atom is 0.253 e. The average molecular weight is 396 g/mol. The van der Waals surface area contributed by atoms with E-state index in [-0.39, 0.29) is 11.8 Å². The number of amides is 2. The van der Waals surface area contributed by atoms with Crippen molar-refractivity contribution in [1.82, 2.24) is 10.2 Å². The van der Waals surface area contributed by atoms with Crippen LogP contribution < -0.4 is 10.1 Å². The number of likely N-dealkylation sites (tertiary alicyclic amines) is 1. The van der Waals surface area contributed by atoms with E-state index >= 15 is 0 Å². The Bertz CT molecular complexity index is 872. The van der Waals surface area contributed by atoms with Crippen LogP contribution in [0, 0.1) is 11.7 Å². The Morgan fingerprint density at radius 1 is 1.00 bits per heavy atom. The molecule has 0 aromatic heterocycles. The number of nitrogens with zero attached hydrogens (tertiary/aromatic N) is 1. The number of nitrogens with one attached hydrogen (secondary N) is 1. The molecule has 0 atom stereocenters. The van der Waals surface area contributed by atoms with Crippen molar-refractivity contribution in [2.45, 2.75) is 31.7 Å². The van der Waals surface area contributed by atoms with Crippen molar-refractivity contribution in [3.05, 3.63) is 65.5 Å². The Hall–Kier alpha value is -2.89. The van der Waals surface area contributed by atoms with Gasteiger partial charge in [-0.25, -0.2) is 4.39 Å². The number of ether oxygens (including phenoxy) is 1. The summed E-state index contributed by atoms with van der Waals surface area (Å²) in [4.78, 5) is 26.3. The highest BCUT2D eigenvalue weighted by atomic mass is 19.1. The number of hydrogen-bond donors (Lipinski definition) is 1. The van der Waals surface area contributed by atoms with Gasteiger partial charge in [-0.05, 0) is 74.1 Å². The molecule has 0 bridgehead atoms. The lowest BCUT2D eigenvalue weighted by molar-refractivity contribution is 0.0660. The van der Waals surface area contributed by atoms with Crippen molar-refractivity contribution >= 4 is 11.8 Å². The van der Waals surface area contributed by atoms with Crippen molar-refractivity contribution in [3.63, 3.8) is 0 Å². The first-order valence-corrected chi connectivity index (χ1v) is 10.2. The lowest BCUT2D eigenvalue weighted by Crippen LogP contribution is -2.39. The second-order valence-corrected chi connectivity index (χ2v) is 7.83. The summed E-state index contributed by atoms with van der Waals surface area (Å²) in [5.41, 5.74) is 1.04. The van der Waals surface area contributed by atoms with Crippen LogP contribution in [0.2, 0.25) is 0 Å². The number of rotatable bonds is 6. The molecule has 1 aliphatic carbocycles. The molecule has 1 N–H and O–H groups in total. The normalized spacial score (nSPS) is 17.1. The Kier molecular flexibility index (Phi) is 5.79. The molecule has 1 aliphatic heterocycles. The number of carbonyl (C=O) groups excluding carboxylic acids is 2. The zero-order valence-electron chi connectivity index (χ0n) is 16.3. The molecule has 2 aliphatic rings. The minimum absolute atomic E-state index is 0.0330. The summed E-state index contributed by atoms with van der Waals surface area (Å²) >= 11 is 0. The maximum atomic E-state index is 13.3. The van der Waals surface area contributed by atoms with Crippen LogP contribution in [-0.2, 0) is 0 Å². The van der Waals surface area contributed by atoms with Gasteiger partial charge in [0.25, 0.3) is 11.8 Å². The second-order valence-electron chi connectivity index (χ2n) is 7.83. The fourth-order valence-corrected chi connectivity index (χ4v) is 3.52. The first kappa shape index (κ1) is 19.4. The monoisotopic (exact) mass is 396 g/mol. The van der Waals surface area contributed by atoms with Gasteiger partial charge in [-0.2, -0.15) is 0 Å². The van der Waals surface area contributed by atoms with Crippen LogP contribution >= 0.6 is 0 Å². The third-order valence-corrected chi connectivity index (χ3v) is 5.49. The number of benzene rings is 2. The van der Waals surface area contributed by atoms with Crippen molar-refractivity contribution in [3.8, 4) is 5.75 Å². The van der Waals surface area contributed by atoms with Gasteiger partial charge in [0.1, 0.15) is 11.6 Å². The summed E-state index contributed by atoms with van der Waals surface area (Å²) in [6.07, 6.45) is 3.84. The smallest absolute Gasteiger partial charge is 0.253 e. The topological polar surface area (TPSA) is 58.6 Å². The van der Waals surface area contributed by atoms with Crippen LogP contribution in [-0.4, -0.2) is 42.5 Å². The van der Waals surface area contributed by atoms with Crippen LogP contribution in [0.3, 0.4) is 0 Å². The molecular weight excluding hydrogens is 371 g/mol. The summed E-state index contributed by atoms with van der Waals surface area (Å²) in [6, 6.07) is 13.4. The number of hydrogen-bond acceptors (Lipinski definition) is 3. The fourth-order valence-electron chi connectivity index (χ4n) is 3.52. The number of halogens is 1. The molecule has 2 aromatic rings. The lowest BCUT2D eigenvalue weighted by atomic mass is 9.97. The molecule has 0 radical (unpaired) electrons. The molecule has 2 fully saturated rings. The highest BCUT2D eigenvalue weighted by Crippen LogP contribution is 2.22. The van der Waals surface area contributed by atoms with Gasteiger partial charge < -0.3 is 15.0 Å². The van der Waals surface area contributed by atoms with Crippen LogP contribution in [0.1, 0.15) is 46.4 Å². The zero-order valence-corrected chi connectivity index (χ0v) is 16.3. The van der Waals surface area contributed by atoms with Gasteiger partial charge in [0.05, 0.1) is 6.61 Å². The molecule has 1 saturated heterocycles. The quantitative estimate of drug-likeness (QED) is 0.811. The summed E-state index contributed by atoms with van der Waals surface area (Å²) in [7, 11) is 0. The largest absolute Gasteiger partial charge is 0.493 e. The lowest BCUT2D eigenvalue weighted by Gasteiger charge is -2.32. The Morgan fingerprint density at radius 3 is 2.38 bits per heavy atom. The van der Waals surface area contributed by atoms with E-state index in [4.69, 9.17) is 4.74 Å². The predicted molar refractivity (Wildman–Crippen MR) is 107 cm³/mol. The fraction of sp³-hybridized carbons (Fsp3) is 0.391. The summed E-state index contributed by atoms with van der Waals surface area (Å²) in [6.45, 7) is 1.86.